The van der Waals surface area contributed by atoms with E-state index in [-0.39, 0.29) is 16.7 Å². The monoisotopic (exact) mass is 315 g/mol. The lowest BCUT2D eigenvalue weighted by molar-refractivity contribution is -0.384. The number of piperazine rings is 1. The summed E-state index contributed by atoms with van der Waals surface area (Å²) in [4.78, 5) is 17.3. The van der Waals surface area contributed by atoms with Gasteiger partial charge in [0.05, 0.1) is 11.0 Å². The quantitative estimate of drug-likeness (QED) is 0.669. The fourth-order valence-corrected chi connectivity index (χ4v) is 3.02. The number of nitrogens with zero attached hydrogens (tertiary/aromatic N) is 4. The van der Waals surface area contributed by atoms with Gasteiger partial charge in [0.2, 0.25) is 0 Å². The van der Waals surface area contributed by atoms with Crippen LogP contribution in [0, 0.1) is 10.1 Å². The Morgan fingerprint density at radius 1 is 1.39 bits per heavy atom. The van der Waals surface area contributed by atoms with Gasteiger partial charge in [0.15, 0.2) is 0 Å². The molecule has 1 fully saturated rings. The average Bonchev–Trinajstić information content (AvgIpc) is 2.99. The van der Waals surface area contributed by atoms with Crippen LogP contribution in [0.3, 0.4) is 0 Å². The van der Waals surface area contributed by atoms with E-state index in [9.17, 15) is 10.1 Å². The van der Waals surface area contributed by atoms with Crippen LogP contribution in [0.5, 0.6) is 0 Å². The van der Waals surface area contributed by atoms with Gasteiger partial charge in [-0.05, 0) is 12.0 Å². The fraction of sp³-hybridized carbons (Fsp3) is 0.438. The number of hydrogen-bond donors (Lipinski definition) is 1. The number of nitrogens with one attached hydrogen (secondary N) is 1. The number of non-ortho nitro benzene ring substituents is 1. The second-order valence-electron chi connectivity index (χ2n) is 5.83. The Morgan fingerprint density at radius 2 is 2.17 bits per heavy atom. The van der Waals surface area contributed by atoms with Crippen molar-refractivity contribution in [2.45, 2.75) is 12.5 Å². The van der Waals surface area contributed by atoms with E-state index in [1.165, 1.54) is 0 Å². The number of benzene rings is 1. The van der Waals surface area contributed by atoms with Gasteiger partial charge in [-0.25, -0.2) is 4.98 Å². The first-order valence-electron chi connectivity index (χ1n) is 7.80. The first-order valence-corrected chi connectivity index (χ1v) is 7.80. The van der Waals surface area contributed by atoms with Crippen molar-refractivity contribution in [2.24, 2.45) is 7.05 Å². The zero-order valence-corrected chi connectivity index (χ0v) is 13.2. The van der Waals surface area contributed by atoms with Crippen LogP contribution >= 0.6 is 0 Å². The van der Waals surface area contributed by atoms with Crippen molar-refractivity contribution >= 4 is 5.69 Å². The Hall–Kier alpha value is -2.25. The smallest absolute Gasteiger partial charge is 0.269 e. The molecule has 2 aromatic rings. The summed E-state index contributed by atoms with van der Waals surface area (Å²) >= 11 is 0. The third-order valence-corrected chi connectivity index (χ3v) is 4.35. The van der Waals surface area contributed by atoms with Crippen LogP contribution in [0.2, 0.25) is 0 Å². The van der Waals surface area contributed by atoms with Crippen LogP contribution in [0.1, 0.15) is 17.4 Å². The van der Waals surface area contributed by atoms with Crippen molar-refractivity contribution in [1.29, 1.82) is 0 Å². The molecule has 1 saturated heterocycles. The molecule has 7 nitrogen and oxygen atoms in total. The van der Waals surface area contributed by atoms with Crippen molar-refractivity contribution in [3.63, 3.8) is 0 Å². The van der Waals surface area contributed by atoms with Gasteiger partial charge in [-0.1, -0.05) is 12.1 Å². The van der Waals surface area contributed by atoms with Crippen LogP contribution in [-0.2, 0) is 13.5 Å². The molecule has 0 saturated carbocycles. The average molecular weight is 315 g/mol. The van der Waals surface area contributed by atoms with Gasteiger partial charge < -0.3 is 9.88 Å². The normalized spacial score (nSPS) is 18.9. The maximum Gasteiger partial charge on any atom is 0.269 e. The molecule has 0 amide bonds. The van der Waals surface area contributed by atoms with Crippen LogP contribution < -0.4 is 5.32 Å². The topological polar surface area (TPSA) is 76.2 Å². The van der Waals surface area contributed by atoms with E-state index in [0.29, 0.717) is 0 Å². The number of aryl methyl sites for hydroxylation is 1. The second kappa shape index (κ2) is 6.89. The number of rotatable bonds is 5. The minimum Gasteiger partial charge on any atom is -0.337 e. The summed E-state index contributed by atoms with van der Waals surface area (Å²) in [6, 6.07) is 7.10. The summed E-state index contributed by atoms with van der Waals surface area (Å²) in [5.74, 6) is 1.07. The highest BCUT2D eigenvalue weighted by atomic mass is 16.6. The van der Waals surface area contributed by atoms with Gasteiger partial charge >= 0.3 is 0 Å². The number of nitro benzene ring substituents is 1. The van der Waals surface area contributed by atoms with Crippen LogP contribution in [0.4, 0.5) is 5.69 Å². The molecule has 122 valence electrons. The predicted octanol–water partition coefficient (Wildman–Crippen LogP) is 1.52. The molecule has 2 heterocycles. The lowest BCUT2D eigenvalue weighted by Crippen LogP contribution is -2.47. The molecule has 1 aliphatic heterocycles. The van der Waals surface area contributed by atoms with Gasteiger partial charge in [-0.3, -0.25) is 15.0 Å². The molecule has 3 rings (SSSR count). The van der Waals surface area contributed by atoms with E-state index in [1.54, 1.807) is 12.1 Å². The minimum atomic E-state index is -0.364. The third kappa shape index (κ3) is 3.57. The van der Waals surface area contributed by atoms with Gasteiger partial charge in [0, 0.05) is 57.8 Å². The molecule has 1 atom stereocenters. The summed E-state index contributed by atoms with van der Waals surface area (Å²) in [6.07, 6.45) is 4.68. The van der Waals surface area contributed by atoms with E-state index in [4.69, 9.17) is 0 Å². The zero-order chi connectivity index (χ0) is 16.2. The largest absolute Gasteiger partial charge is 0.337 e. The Balaban J connectivity index is 1.65. The molecule has 0 bridgehead atoms. The van der Waals surface area contributed by atoms with E-state index in [2.05, 4.69) is 19.8 Å². The van der Waals surface area contributed by atoms with Gasteiger partial charge in [0.1, 0.15) is 5.82 Å². The first kappa shape index (κ1) is 15.6. The molecule has 1 aliphatic rings. The highest BCUT2D eigenvalue weighted by Crippen LogP contribution is 2.21. The number of imidazole rings is 1. The molecular formula is C16H21N5O2. The van der Waals surface area contributed by atoms with E-state index < -0.39 is 0 Å². The van der Waals surface area contributed by atoms with Gasteiger partial charge in [-0.15, -0.1) is 0 Å². The molecule has 1 aromatic heterocycles. The lowest BCUT2D eigenvalue weighted by Gasteiger charge is -2.35. The van der Waals surface area contributed by atoms with Crippen molar-refractivity contribution in [2.75, 3.05) is 26.2 Å². The maximum atomic E-state index is 10.7. The SMILES string of the molecule is Cn1ccnc1C1CNCCN1CCc1ccc([N+](=O)[O-])cc1. The third-order valence-electron chi connectivity index (χ3n) is 4.35. The maximum absolute atomic E-state index is 10.7. The summed E-state index contributed by atoms with van der Waals surface area (Å²) in [7, 11) is 2.02. The summed E-state index contributed by atoms with van der Waals surface area (Å²) < 4.78 is 2.07. The fourth-order valence-electron chi connectivity index (χ4n) is 3.02. The molecule has 0 radical (unpaired) electrons. The molecule has 0 aliphatic carbocycles. The van der Waals surface area contributed by atoms with E-state index >= 15 is 0 Å². The second-order valence-corrected chi connectivity index (χ2v) is 5.83. The lowest BCUT2D eigenvalue weighted by atomic mass is 10.1. The molecule has 7 heteroatoms. The van der Waals surface area contributed by atoms with Crippen LogP contribution in [0.15, 0.2) is 36.7 Å². The van der Waals surface area contributed by atoms with Crippen molar-refractivity contribution < 1.29 is 4.92 Å². The Labute approximate surface area is 135 Å². The van der Waals surface area contributed by atoms with Gasteiger partial charge in [0.25, 0.3) is 5.69 Å². The molecule has 23 heavy (non-hydrogen) atoms. The minimum absolute atomic E-state index is 0.141. The highest BCUT2D eigenvalue weighted by molar-refractivity contribution is 5.33. The van der Waals surface area contributed by atoms with Crippen LogP contribution in [0.25, 0.3) is 0 Å². The molecular weight excluding hydrogens is 294 g/mol. The Kier molecular flexibility index (Phi) is 4.68. The number of aromatic nitrogens is 2. The van der Waals surface area contributed by atoms with E-state index in [0.717, 1.165) is 44.0 Å². The molecule has 0 spiro atoms. The van der Waals surface area contributed by atoms with Gasteiger partial charge in [-0.2, -0.15) is 0 Å². The number of nitro groups is 1. The first-order chi connectivity index (χ1) is 11.1. The summed E-state index contributed by atoms with van der Waals surface area (Å²) in [5.41, 5.74) is 1.26. The molecule has 1 N–H and O–H groups in total. The molecule has 1 unspecified atom stereocenters. The Morgan fingerprint density at radius 3 is 2.83 bits per heavy atom. The summed E-state index contributed by atoms with van der Waals surface area (Å²) in [5, 5.41) is 14.1. The molecule has 1 aromatic carbocycles. The Bertz CT molecular complexity index is 667. The van der Waals surface area contributed by atoms with Crippen LogP contribution in [-0.4, -0.2) is 45.6 Å². The highest BCUT2D eigenvalue weighted by Gasteiger charge is 2.26. The predicted molar refractivity (Wildman–Crippen MR) is 87.2 cm³/mol. The zero-order valence-electron chi connectivity index (χ0n) is 13.2. The van der Waals surface area contributed by atoms with Crippen molar-refractivity contribution in [3.8, 4) is 0 Å². The van der Waals surface area contributed by atoms with Crippen molar-refractivity contribution in [3.05, 3.63) is 58.2 Å². The standard InChI is InChI=1S/C16H21N5O2/c1-19-10-8-18-16(19)15-12-17-7-11-20(15)9-6-13-2-4-14(5-3-13)21(22)23/h2-5,8,10,15,17H,6-7,9,11-12H2,1H3. The number of hydrogen-bond acceptors (Lipinski definition) is 5. The van der Waals surface area contributed by atoms with Crippen molar-refractivity contribution in [1.82, 2.24) is 19.8 Å². The summed E-state index contributed by atoms with van der Waals surface area (Å²) in [6.45, 7) is 3.76. The van der Waals surface area contributed by atoms with E-state index in [1.807, 2.05) is 31.6 Å².